The first-order chi connectivity index (χ1) is 15.4. The standard InChI is InChI=1S/C25H29N3O3S/c1-4-5-8-26-25(32)28(13-18-6-7-22-23(11-18)31-15-30-22)14-20-12-19-9-16(2)17(3)10-21(19)27-24(20)29/h6-7,9-12H,4-5,8,13-15H2,1-3H3,(H,26,32)(H,27,29). The van der Waals surface area contributed by atoms with Gasteiger partial charge in [0.2, 0.25) is 6.79 Å². The second-order valence-electron chi connectivity index (χ2n) is 8.28. The Hall–Kier alpha value is -3.06. The Labute approximate surface area is 193 Å². The smallest absolute Gasteiger partial charge is 0.253 e. The maximum Gasteiger partial charge on any atom is 0.253 e. The van der Waals surface area contributed by atoms with Gasteiger partial charge in [0.15, 0.2) is 16.6 Å². The van der Waals surface area contributed by atoms with Crippen molar-refractivity contribution in [1.82, 2.24) is 15.2 Å². The van der Waals surface area contributed by atoms with Crippen LogP contribution in [-0.4, -0.2) is 28.3 Å². The van der Waals surface area contributed by atoms with Gasteiger partial charge in [-0.1, -0.05) is 19.4 Å². The van der Waals surface area contributed by atoms with Gasteiger partial charge in [0.25, 0.3) is 5.56 Å². The minimum atomic E-state index is -0.0900. The summed E-state index contributed by atoms with van der Waals surface area (Å²) in [5.74, 6) is 1.49. The van der Waals surface area contributed by atoms with Crippen molar-refractivity contribution in [1.29, 1.82) is 0 Å². The lowest BCUT2D eigenvalue weighted by atomic mass is 10.0. The number of aromatic amines is 1. The fraction of sp³-hybridized carbons (Fsp3) is 0.360. The molecule has 0 aliphatic carbocycles. The highest BCUT2D eigenvalue weighted by Gasteiger charge is 2.17. The van der Waals surface area contributed by atoms with E-state index in [0.717, 1.165) is 52.9 Å². The van der Waals surface area contributed by atoms with Crippen molar-refractivity contribution >= 4 is 28.2 Å². The number of H-pyrrole nitrogens is 1. The number of benzene rings is 2. The molecule has 0 atom stereocenters. The van der Waals surface area contributed by atoms with Crippen LogP contribution in [0.25, 0.3) is 10.9 Å². The molecule has 6 nitrogen and oxygen atoms in total. The van der Waals surface area contributed by atoms with Crippen molar-refractivity contribution < 1.29 is 9.47 Å². The number of aromatic nitrogens is 1. The Morgan fingerprint density at radius 2 is 1.88 bits per heavy atom. The minimum Gasteiger partial charge on any atom is -0.454 e. The van der Waals surface area contributed by atoms with Crippen molar-refractivity contribution in [2.45, 2.75) is 46.7 Å². The summed E-state index contributed by atoms with van der Waals surface area (Å²) in [6, 6.07) is 12.0. The molecule has 0 amide bonds. The van der Waals surface area contributed by atoms with Gasteiger partial charge < -0.3 is 24.7 Å². The number of ether oxygens (including phenoxy) is 2. The number of aryl methyl sites for hydroxylation is 2. The van der Waals surface area contributed by atoms with Gasteiger partial charge in [0.05, 0.1) is 6.54 Å². The number of nitrogens with zero attached hydrogens (tertiary/aromatic N) is 1. The summed E-state index contributed by atoms with van der Waals surface area (Å²) >= 11 is 5.71. The summed E-state index contributed by atoms with van der Waals surface area (Å²) in [7, 11) is 0. The first kappa shape index (κ1) is 22.1. The zero-order valence-corrected chi connectivity index (χ0v) is 19.6. The molecule has 7 heteroatoms. The van der Waals surface area contributed by atoms with E-state index in [2.05, 4.69) is 37.1 Å². The van der Waals surface area contributed by atoms with Crippen LogP contribution in [0.4, 0.5) is 0 Å². The van der Waals surface area contributed by atoms with Crippen LogP contribution < -0.4 is 20.3 Å². The Kier molecular flexibility index (Phi) is 6.65. The van der Waals surface area contributed by atoms with E-state index in [1.165, 1.54) is 5.56 Å². The lowest BCUT2D eigenvalue weighted by Crippen LogP contribution is -2.40. The van der Waals surface area contributed by atoms with Gasteiger partial charge in [-0.2, -0.15) is 0 Å². The van der Waals surface area contributed by atoms with Gasteiger partial charge in [-0.15, -0.1) is 0 Å². The van der Waals surface area contributed by atoms with E-state index in [4.69, 9.17) is 21.7 Å². The van der Waals surface area contributed by atoms with Crippen LogP contribution in [0.5, 0.6) is 11.5 Å². The van der Waals surface area contributed by atoms with Crippen LogP contribution in [0.1, 0.15) is 42.0 Å². The normalized spacial score (nSPS) is 12.2. The summed E-state index contributed by atoms with van der Waals surface area (Å²) < 4.78 is 10.9. The number of hydrogen-bond acceptors (Lipinski definition) is 4. The molecule has 1 aromatic heterocycles. The predicted octanol–water partition coefficient (Wildman–Crippen LogP) is 4.55. The molecule has 0 fully saturated rings. The molecule has 0 saturated carbocycles. The van der Waals surface area contributed by atoms with Crippen LogP contribution in [0.15, 0.2) is 41.2 Å². The number of thiocarbonyl (C=S) groups is 1. The number of pyridine rings is 1. The van der Waals surface area contributed by atoms with Crippen LogP contribution in [-0.2, 0) is 13.1 Å². The van der Waals surface area contributed by atoms with Crippen molar-refractivity contribution in [3.05, 3.63) is 69.0 Å². The van der Waals surface area contributed by atoms with Crippen LogP contribution in [0.3, 0.4) is 0 Å². The van der Waals surface area contributed by atoms with E-state index in [0.29, 0.717) is 23.8 Å². The Balaban J connectivity index is 1.62. The molecule has 0 radical (unpaired) electrons. The minimum absolute atomic E-state index is 0.0900. The molecule has 168 valence electrons. The number of fused-ring (bicyclic) bond motifs is 2. The van der Waals surface area contributed by atoms with Gasteiger partial charge in [0, 0.05) is 24.2 Å². The van der Waals surface area contributed by atoms with Gasteiger partial charge in [0.1, 0.15) is 0 Å². The first-order valence-corrected chi connectivity index (χ1v) is 11.4. The van der Waals surface area contributed by atoms with Crippen LogP contribution >= 0.6 is 12.2 Å². The first-order valence-electron chi connectivity index (χ1n) is 11.0. The second-order valence-corrected chi connectivity index (χ2v) is 8.66. The monoisotopic (exact) mass is 451 g/mol. The summed E-state index contributed by atoms with van der Waals surface area (Å²) in [6.45, 7) is 8.29. The molecule has 32 heavy (non-hydrogen) atoms. The topological polar surface area (TPSA) is 66.6 Å². The van der Waals surface area contributed by atoms with Gasteiger partial charge in [-0.05, 0) is 84.9 Å². The lowest BCUT2D eigenvalue weighted by Gasteiger charge is -2.26. The Morgan fingerprint density at radius 1 is 1.09 bits per heavy atom. The molecule has 0 spiro atoms. The zero-order valence-electron chi connectivity index (χ0n) is 18.8. The molecule has 0 bridgehead atoms. The van der Waals surface area contributed by atoms with E-state index in [1.54, 1.807) is 0 Å². The van der Waals surface area contributed by atoms with Gasteiger partial charge in [-0.25, -0.2) is 0 Å². The van der Waals surface area contributed by atoms with Gasteiger partial charge in [-0.3, -0.25) is 4.79 Å². The number of nitrogens with one attached hydrogen (secondary N) is 2. The van der Waals surface area contributed by atoms with E-state index in [-0.39, 0.29) is 12.4 Å². The second kappa shape index (κ2) is 9.61. The molecule has 2 heterocycles. The van der Waals surface area contributed by atoms with E-state index >= 15 is 0 Å². The maximum atomic E-state index is 12.9. The summed E-state index contributed by atoms with van der Waals surface area (Å²) in [5, 5.41) is 5.00. The SMILES string of the molecule is CCCCNC(=S)N(Cc1ccc2c(c1)OCO2)Cc1cc2cc(C)c(C)cc2[nH]c1=O. The summed E-state index contributed by atoms with van der Waals surface area (Å²) in [6.07, 6.45) is 2.12. The van der Waals surface area contributed by atoms with Crippen LogP contribution in [0.2, 0.25) is 0 Å². The summed E-state index contributed by atoms with van der Waals surface area (Å²) in [4.78, 5) is 17.9. The third-order valence-corrected chi connectivity index (χ3v) is 6.20. The molecule has 2 N–H and O–H groups in total. The van der Waals surface area contributed by atoms with E-state index in [9.17, 15) is 4.79 Å². The predicted molar refractivity (Wildman–Crippen MR) is 131 cm³/mol. The van der Waals surface area contributed by atoms with Crippen molar-refractivity contribution in [3.8, 4) is 11.5 Å². The number of unbranched alkanes of at least 4 members (excludes halogenated alkanes) is 1. The number of hydrogen-bond donors (Lipinski definition) is 2. The summed E-state index contributed by atoms with van der Waals surface area (Å²) in [5.41, 5.74) is 4.84. The number of rotatable bonds is 7. The molecule has 1 aliphatic rings. The molecule has 2 aromatic carbocycles. The molecule has 0 saturated heterocycles. The Morgan fingerprint density at radius 3 is 2.69 bits per heavy atom. The van der Waals surface area contributed by atoms with E-state index in [1.807, 2.05) is 35.2 Å². The third-order valence-electron chi connectivity index (χ3n) is 5.80. The highest BCUT2D eigenvalue weighted by molar-refractivity contribution is 7.80. The third kappa shape index (κ3) is 4.88. The van der Waals surface area contributed by atoms with Crippen molar-refractivity contribution in [2.24, 2.45) is 0 Å². The molecule has 4 rings (SSSR count). The molecular formula is C25H29N3O3S. The molecule has 1 aliphatic heterocycles. The van der Waals surface area contributed by atoms with Gasteiger partial charge >= 0.3 is 0 Å². The molecule has 0 unspecified atom stereocenters. The highest BCUT2D eigenvalue weighted by atomic mass is 32.1. The average Bonchev–Trinajstić information content (AvgIpc) is 3.23. The Bertz CT molecular complexity index is 1200. The quantitative estimate of drug-likeness (QED) is 0.406. The fourth-order valence-electron chi connectivity index (χ4n) is 3.79. The largest absolute Gasteiger partial charge is 0.454 e. The average molecular weight is 452 g/mol. The maximum absolute atomic E-state index is 12.9. The van der Waals surface area contributed by atoms with E-state index < -0.39 is 0 Å². The van der Waals surface area contributed by atoms with Crippen molar-refractivity contribution in [3.63, 3.8) is 0 Å². The zero-order chi connectivity index (χ0) is 22.7. The fourth-order valence-corrected chi connectivity index (χ4v) is 4.02. The van der Waals surface area contributed by atoms with Crippen molar-refractivity contribution in [2.75, 3.05) is 13.3 Å². The molecular weight excluding hydrogens is 422 g/mol. The lowest BCUT2D eigenvalue weighted by molar-refractivity contribution is 0.174. The molecule has 3 aromatic rings. The highest BCUT2D eigenvalue weighted by Crippen LogP contribution is 2.33. The van der Waals surface area contributed by atoms with Crippen LogP contribution in [0, 0.1) is 13.8 Å².